The molecule has 1 fully saturated rings. The summed E-state index contributed by atoms with van der Waals surface area (Å²) in [5, 5.41) is 12.1. The minimum atomic E-state index is -0.111. The van der Waals surface area contributed by atoms with E-state index in [4.69, 9.17) is 11.6 Å². The van der Waals surface area contributed by atoms with E-state index in [2.05, 4.69) is 20.4 Å². The van der Waals surface area contributed by atoms with Gasteiger partial charge in [0.1, 0.15) is 5.82 Å². The van der Waals surface area contributed by atoms with Crippen molar-refractivity contribution >= 4 is 17.5 Å². The highest BCUT2D eigenvalue weighted by Crippen LogP contribution is 2.27. The number of amides is 1. The van der Waals surface area contributed by atoms with Crippen molar-refractivity contribution in [3.8, 4) is 0 Å². The van der Waals surface area contributed by atoms with Crippen LogP contribution in [0.3, 0.4) is 0 Å². The van der Waals surface area contributed by atoms with Crippen LogP contribution in [0.2, 0.25) is 5.02 Å². The number of carbonyl (C=O) groups is 1. The second-order valence-electron chi connectivity index (χ2n) is 6.55. The molecular weight excluding hydrogens is 326 g/mol. The van der Waals surface area contributed by atoms with Gasteiger partial charge in [0, 0.05) is 31.2 Å². The fourth-order valence-electron chi connectivity index (χ4n) is 3.02. The smallest absolute Gasteiger partial charge is 0.289 e. The van der Waals surface area contributed by atoms with Crippen LogP contribution in [0.25, 0.3) is 0 Å². The molecule has 1 aromatic carbocycles. The second-order valence-corrected chi connectivity index (χ2v) is 6.95. The maximum Gasteiger partial charge on any atom is 0.289 e. The first-order valence-corrected chi connectivity index (χ1v) is 8.74. The predicted octanol–water partition coefficient (Wildman–Crippen LogP) is 2.09. The first-order valence-electron chi connectivity index (χ1n) is 8.37. The molecule has 126 valence electrons. The van der Waals surface area contributed by atoms with Crippen molar-refractivity contribution in [1.82, 2.24) is 25.0 Å². The summed E-state index contributed by atoms with van der Waals surface area (Å²) in [4.78, 5) is 14.5. The van der Waals surface area contributed by atoms with Crippen LogP contribution in [0.1, 0.15) is 34.8 Å². The molecule has 2 aliphatic rings. The topological polar surface area (TPSA) is 63.1 Å². The highest BCUT2D eigenvalue weighted by molar-refractivity contribution is 6.31. The number of nitrogens with zero attached hydrogens (tertiary/aromatic N) is 4. The number of rotatable bonds is 5. The third-order valence-corrected chi connectivity index (χ3v) is 5.00. The Labute approximate surface area is 145 Å². The van der Waals surface area contributed by atoms with E-state index in [1.54, 1.807) is 0 Å². The molecule has 0 bridgehead atoms. The molecule has 0 spiro atoms. The van der Waals surface area contributed by atoms with Crippen LogP contribution >= 0.6 is 11.6 Å². The van der Waals surface area contributed by atoms with Gasteiger partial charge in [-0.1, -0.05) is 29.8 Å². The van der Waals surface area contributed by atoms with Crippen LogP contribution in [0.15, 0.2) is 24.3 Å². The number of aromatic nitrogens is 3. The van der Waals surface area contributed by atoms with Gasteiger partial charge in [-0.25, -0.2) is 0 Å². The van der Waals surface area contributed by atoms with Crippen molar-refractivity contribution < 1.29 is 4.79 Å². The maximum absolute atomic E-state index is 12.3. The van der Waals surface area contributed by atoms with E-state index >= 15 is 0 Å². The summed E-state index contributed by atoms with van der Waals surface area (Å²) in [5.41, 5.74) is 1.11. The molecule has 1 aliphatic carbocycles. The van der Waals surface area contributed by atoms with Crippen molar-refractivity contribution in [2.75, 3.05) is 13.1 Å². The highest BCUT2D eigenvalue weighted by Gasteiger charge is 2.26. The van der Waals surface area contributed by atoms with Gasteiger partial charge in [0.25, 0.3) is 5.91 Å². The molecule has 6 nitrogen and oxygen atoms in total. The molecule has 0 unspecified atom stereocenters. The molecule has 4 rings (SSSR count). The summed E-state index contributed by atoms with van der Waals surface area (Å²) >= 11 is 6.24. The van der Waals surface area contributed by atoms with E-state index in [0.717, 1.165) is 42.6 Å². The van der Waals surface area contributed by atoms with Crippen molar-refractivity contribution in [3.63, 3.8) is 0 Å². The van der Waals surface area contributed by atoms with Crippen LogP contribution in [0.5, 0.6) is 0 Å². The number of hydrogen-bond donors (Lipinski definition) is 1. The standard InChI is InChI=1S/C17H20ClN5O/c18-14-4-2-1-3-13(14)10-22-7-8-23-15(11-22)20-21-16(23)17(24)19-9-12-5-6-12/h1-4,12H,5-11H2,(H,19,24). The van der Waals surface area contributed by atoms with Crippen LogP contribution in [0, 0.1) is 5.92 Å². The fourth-order valence-corrected chi connectivity index (χ4v) is 3.21. The Hall–Kier alpha value is -1.92. The molecule has 1 amide bonds. The lowest BCUT2D eigenvalue weighted by atomic mass is 10.2. The number of nitrogens with one attached hydrogen (secondary N) is 1. The van der Waals surface area contributed by atoms with Crippen molar-refractivity contribution in [2.45, 2.75) is 32.5 Å². The quantitative estimate of drug-likeness (QED) is 0.901. The summed E-state index contributed by atoms with van der Waals surface area (Å²) in [6.45, 7) is 3.77. The van der Waals surface area contributed by atoms with Crippen LogP contribution < -0.4 is 5.32 Å². The van der Waals surface area contributed by atoms with E-state index in [1.165, 1.54) is 12.8 Å². The number of carbonyl (C=O) groups excluding carboxylic acids is 1. The van der Waals surface area contributed by atoms with E-state index in [9.17, 15) is 4.79 Å². The van der Waals surface area contributed by atoms with Crippen molar-refractivity contribution in [1.29, 1.82) is 0 Å². The monoisotopic (exact) mass is 345 g/mol. The Balaban J connectivity index is 1.42. The highest BCUT2D eigenvalue weighted by atomic mass is 35.5. The molecule has 2 heterocycles. The lowest BCUT2D eigenvalue weighted by molar-refractivity contribution is 0.0932. The molecule has 1 N–H and O–H groups in total. The minimum absolute atomic E-state index is 0.111. The van der Waals surface area contributed by atoms with Crippen molar-refractivity contribution in [3.05, 3.63) is 46.5 Å². The van der Waals surface area contributed by atoms with E-state index in [0.29, 0.717) is 18.3 Å². The molecule has 1 aromatic heterocycles. The summed E-state index contributed by atoms with van der Waals surface area (Å²) in [6, 6.07) is 7.88. The van der Waals surface area contributed by atoms with Gasteiger partial charge in [-0.3, -0.25) is 9.69 Å². The predicted molar refractivity (Wildman–Crippen MR) is 90.6 cm³/mol. The molecule has 24 heavy (non-hydrogen) atoms. The number of fused-ring (bicyclic) bond motifs is 1. The largest absolute Gasteiger partial charge is 0.349 e. The van der Waals surface area contributed by atoms with E-state index in [-0.39, 0.29) is 5.91 Å². The van der Waals surface area contributed by atoms with Crippen molar-refractivity contribution in [2.24, 2.45) is 5.92 Å². The average Bonchev–Trinajstić information content (AvgIpc) is 3.32. The van der Waals surface area contributed by atoms with Crippen LogP contribution in [-0.4, -0.2) is 38.7 Å². The van der Waals surface area contributed by atoms with Gasteiger partial charge in [0.2, 0.25) is 5.82 Å². The molecule has 7 heteroatoms. The summed E-state index contributed by atoms with van der Waals surface area (Å²) in [6.07, 6.45) is 2.43. The molecule has 0 atom stereocenters. The van der Waals surface area contributed by atoms with E-state index in [1.807, 2.05) is 28.8 Å². The first kappa shape index (κ1) is 15.6. The molecule has 0 saturated heterocycles. The van der Waals surface area contributed by atoms with Gasteiger partial charge in [-0.15, -0.1) is 10.2 Å². The SMILES string of the molecule is O=C(NCC1CC1)c1nnc2n1CCN(Cc1ccccc1Cl)C2. The van der Waals surface area contributed by atoms with Gasteiger partial charge < -0.3 is 9.88 Å². The van der Waals surface area contributed by atoms with Gasteiger partial charge in [0.05, 0.1) is 6.54 Å². The zero-order valence-corrected chi connectivity index (χ0v) is 14.2. The van der Waals surface area contributed by atoms with Crippen LogP contribution in [-0.2, 0) is 19.6 Å². The van der Waals surface area contributed by atoms with Gasteiger partial charge >= 0.3 is 0 Å². The molecule has 2 aromatic rings. The lowest BCUT2D eigenvalue weighted by Crippen LogP contribution is -2.36. The Morgan fingerprint density at radius 2 is 2.08 bits per heavy atom. The Morgan fingerprint density at radius 3 is 2.88 bits per heavy atom. The zero-order valence-electron chi connectivity index (χ0n) is 13.4. The van der Waals surface area contributed by atoms with Crippen LogP contribution in [0.4, 0.5) is 0 Å². The number of hydrogen-bond acceptors (Lipinski definition) is 4. The average molecular weight is 346 g/mol. The Kier molecular flexibility index (Phi) is 4.24. The minimum Gasteiger partial charge on any atom is -0.349 e. The van der Waals surface area contributed by atoms with E-state index < -0.39 is 0 Å². The fraction of sp³-hybridized carbons (Fsp3) is 0.471. The Morgan fingerprint density at radius 1 is 1.25 bits per heavy atom. The molecule has 1 saturated carbocycles. The number of halogens is 1. The van der Waals surface area contributed by atoms with Gasteiger partial charge in [0.15, 0.2) is 0 Å². The third-order valence-electron chi connectivity index (χ3n) is 4.64. The summed E-state index contributed by atoms with van der Waals surface area (Å²) in [5.74, 6) is 1.82. The zero-order chi connectivity index (χ0) is 16.5. The first-order chi connectivity index (χ1) is 11.7. The molecule has 0 radical (unpaired) electrons. The van der Waals surface area contributed by atoms with Gasteiger partial charge in [-0.05, 0) is 30.4 Å². The number of benzene rings is 1. The lowest BCUT2D eigenvalue weighted by Gasteiger charge is -2.27. The third kappa shape index (κ3) is 3.30. The summed E-state index contributed by atoms with van der Waals surface area (Å²) < 4.78 is 1.94. The molecular formula is C17H20ClN5O. The maximum atomic E-state index is 12.3. The normalized spacial score (nSPS) is 17.5. The second kappa shape index (κ2) is 6.53. The summed E-state index contributed by atoms with van der Waals surface area (Å²) in [7, 11) is 0. The Bertz CT molecular complexity index is 755. The van der Waals surface area contributed by atoms with Gasteiger partial charge in [-0.2, -0.15) is 0 Å². The molecule has 1 aliphatic heterocycles.